The standard InChI is InChI=1S/C26H35N5O3S/c1-15(24(34)31(5)13-7-11-27)17-9-10-26(3)14-19-21(16(2)20(26)22(17)32)28-25(35-19)29-23(33)18-8-6-12-30(18)4/h6,8,12,15-17,20,22,32H,7,9-10,13-14H2,1-5H3,(H,28,29,33)/t15-,16+,17-,20+,22-,26+/m0/s1. The van der Waals surface area contributed by atoms with Crippen LogP contribution in [0.4, 0.5) is 5.13 Å². The van der Waals surface area contributed by atoms with E-state index in [1.165, 1.54) is 16.2 Å². The summed E-state index contributed by atoms with van der Waals surface area (Å²) >= 11 is 1.53. The molecule has 0 saturated heterocycles. The van der Waals surface area contributed by atoms with E-state index in [4.69, 9.17) is 10.2 Å². The Labute approximate surface area is 211 Å². The third kappa shape index (κ3) is 4.62. The topological polar surface area (TPSA) is 111 Å². The van der Waals surface area contributed by atoms with Gasteiger partial charge in [0.25, 0.3) is 5.91 Å². The highest BCUT2D eigenvalue weighted by Gasteiger charge is 2.54. The number of anilines is 1. The molecule has 1 fully saturated rings. The lowest BCUT2D eigenvalue weighted by Gasteiger charge is -2.53. The largest absolute Gasteiger partial charge is 0.392 e. The minimum absolute atomic E-state index is 0.0112. The summed E-state index contributed by atoms with van der Waals surface area (Å²) in [6, 6.07) is 5.69. The molecule has 0 aliphatic heterocycles. The number of nitrogens with zero attached hydrogens (tertiary/aromatic N) is 4. The normalized spacial score (nSPS) is 28.4. The van der Waals surface area contributed by atoms with Gasteiger partial charge in [0.05, 0.1) is 24.3 Å². The number of rotatable bonds is 6. The first kappa shape index (κ1) is 25.4. The number of aryl methyl sites for hydroxylation is 1. The number of aromatic nitrogens is 2. The Bertz CT molecular complexity index is 1150. The predicted molar refractivity (Wildman–Crippen MR) is 135 cm³/mol. The summed E-state index contributed by atoms with van der Waals surface area (Å²) in [5, 5.41) is 24.0. The molecule has 188 valence electrons. The molecule has 0 radical (unpaired) electrons. The van der Waals surface area contributed by atoms with Crippen LogP contribution in [-0.2, 0) is 18.3 Å². The number of fused-ring (bicyclic) bond motifs is 2. The van der Waals surface area contributed by atoms with E-state index in [0.717, 1.165) is 25.0 Å². The second-order valence-corrected chi connectivity index (χ2v) is 11.7. The van der Waals surface area contributed by atoms with Crippen LogP contribution < -0.4 is 5.32 Å². The molecular weight excluding hydrogens is 462 g/mol. The number of carbonyl (C=O) groups excluding carboxylic acids is 2. The van der Waals surface area contributed by atoms with E-state index in [1.807, 2.05) is 26.2 Å². The zero-order valence-electron chi connectivity index (χ0n) is 21.1. The number of thiazole rings is 1. The molecule has 0 unspecified atom stereocenters. The van der Waals surface area contributed by atoms with Crippen LogP contribution in [0.5, 0.6) is 0 Å². The highest BCUT2D eigenvalue weighted by molar-refractivity contribution is 7.15. The van der Waals surface area contributed by atoms with Gasteiger partial charge >= 0.3 is 0 Å². The van der Waals surface area contributed by atoms with Gasteiger partial charge in [-0.1, -0.05) is 20.8 Å². The fourth-order valence-electron chi connectivity index (χ4n) is 6.32. The molecule has 2 aromatic heterocycles. The quantitative estimate of drug-likeness (QED) is 0.631. The fraction of sp³-hybridized carbons (Fsp3) is 0.615. The summed E-state index contributed by atoms with van der Waals surface area (Å²) in [6.45, 7) is 6.66. The average Bonchev–Trinajstić information content (AvgIpc) is 3.41. The number of aliphatic hydroxyl groups excluding tert-OH is 1. The molecule has 4 rings (SSSR count). The first-order valence-electron chi connectivity index (χ1n) is 12.3. The van der Waals surface area contributed by atoms with Crippen LogP contribution in [0, 0.1) is 34.5 Å². The van der Waals surface area contributed by atoms with Gasteiger partial charge in [-0.2, -0.15) is 5.26 Å². The Morgan fingerprint density at radius 2 is 2.23 bits per heavy atom. The number of amides is 2. The summed E-state index contributed by atoms with van der Waals surface area (Å²) in [5.41, 5.74) is 1.43. The van der Waals surface area contributed by atoms with Gasteiger partial charge < -0.3 is 14.6 Å². The molecule has 2 N–H and O–H groups in total. The monoisotopic (exact) mass is 497 g/mol. The summed E-state index contributed by atoms with van der Waals surface area (Å²) in [7, 11) is 3.56. The molecule has 2 aliphatic carbocycles. The first-order chi connectivity index (χ1) is 16.6. The summed E-state index contributed by atoms with van der Waals surface area (Å²) in [4.78, 5) is 33.3. The summed E-state index contributed by atoms with van der Waals surface area (Å²) in [5.74, 6) is -0.667. The lowest BCUT2D eigenvalue weighted by atomic mass is 9.53. The van der Waals surface area contributed by atoms with Gasteiger partial charge in [-0.25, -0.2) is 4.98 Å². The SMILES string of the molecule is C[C@H](C(=O)N(C)CCC#N)[C@@H]1CC[C@]2(C)Cc3sc(NC(=O)c4cccn4C)nc3[C@H](C)[C@@H]2[C@H]1O. The molecular formula is C26H35N5O3S. The molecule has 9 heteroatoms. The average molecular weight is 498 g/mol. The van der Waals surface area contributed by atoms with Crippen LogP contribution in [0.2, 0.25) is 0 Å². The van der Waals surface area contributed by atoms with Crippen molar-refractivity contribution in [3.63, 3.8) is 0 Å². The van der Waals surface area contributed by atoms with Gasteiger partial charge in [-0.05, 0) is 48.6 Å². The molecule has 0 bridgehead atoms. The van der Waals surface area contributed by atoms with Crippen LogP contribution in [-0.4, -0.2) is 51.1 Å². The fourth-order valence-corrected chi connectivity index (χ4v) is 7.58. The second-order valence-electron chi connectivity index (χ2n) is 10.6. The Kier molecular flexibility index (Phi) is 7.07. The minimum atomic E-state index is -0.622. The third-order valence-electron chi connectivity index (χ3n) is 8.29. The van der Waals surface area contributed by atoms with Crippen LogP contribution in [0.25, 0.3) is 0 Å². The molecule has 35 heavy (non-hydrogen) atoms. The zero-order valence-corrected chi connectivity index (χ0v) is 21.9. The summed E-state index contributed by atoms with van der Waals surface area (Å²) in [6.07, 6.45) is 4.03. The van der Waals surface area contributed by atoms with Gasteiger partial charge in [-0.3, -0.25) is 14.9 Å². The third-order valence-corrected chi connectivity index (χ3v) is 9.27. The number of nitriles is 1. The maximum Gasteiger partial charge on any atom is 0.274 e. The van der Waals surface area contributed by atoms with Gasteiger partial charge in [0.15, 0.2) is 5.13 Å². The lowest BCUT2D eigenvalue weighted by molar-refractivity contribution is -0.143. The van der Waals surface area contributed by atoms with E-state index >= 15 is 0 Å². The van der Waals surface area contributed by atoms with Crippen LogP contribution in [0.1, 0.15) is 67.0 Å². The van der Waals surface area contributed by atoms with Crippen molar-refractivity contribution in [2.75, 3.05) is 18.9 Å². The molecule has 6 atom stereocenters. The molecule has 8 nitrogen and oxygen atoms in total. The molecule has 1 saturated carbocycles. The molecule has 2 aliphatic rings. The number of nitrogens with one attached hydrogen (secondary N) is 1. The first-order valence-corrected chi connectivity index (χ1v) is 13.1. The number of hydrogen-bond donors (Lipinski definition) is 2. The van der Waals surface area contributed by atoms with E-state index in [1.54, 1.807) is 22.6 Å². The van der Waals surface area contributed by atoms with Crippen molar-refractivity contribution in [2.24, 2.45) is 30.2 Å². The highest BCUT2D eigenvalue weighted by atomic mass is 32.1. The maximum atomic E-state index is 13.0. The highest BCUT2D eigenvalue weighted by Crippen LogP contribution is 2.57. The molecule has 2 aromatic rings. The van der Waals surface area contributed by atoms with Crippen molar-refractivity contribution >= 4 is 28.3 Å². The molecule has 0 aromatic carbocycles. The number of aliphatic hydroxyl groups is 1. The van der Waals surface area contributed by atoms with Crippen molar-refractivity contribution in [2.45, 2.75) is 58.5 Å². The number of hydrogen-bond acceptors (Lipinski definition) is 6. The molecule has 2 heterocycles. The van der Waals surface area contributed by atoms with E-state index in [-0.39, 0.29) is 40.9 Å². The van der Waals surface area contributed by atoms with Gasteiger partial charge in [0.1, 0.15) is 5.69 Å². The van der Waals surface area contributed by atoms with Gasteiger partial charge in [0, 0.05) is 43.5 Å². The Balaban J connectivity index is 1.53. The number of carbonyl (C=O) groups is 2. The van der Waals surface area contributed by atoms with Crippen molar-refractivity contribution in [1.82, 2.24) is 14.5 Å². The molecule has 2 amide bonds. The Morgan fingerprint density at radius 1 is 1.49 bits per heavy atom. The predicted octanol–water partition coefficient (Wildman–Crippen LogP) is 3.80. The van der Waals surface area contributed by atoms with E-state index in [0.29, 0.717) is 23.8 Å². The maximum absolute atomic E-state index is 13.0. The van der Waals surface area contributed by atoms with Crippen molar-refractivity contribution < 1.29 is 14.7 Å². The van der Waals surface area contributed by atoms with Gasteiger partial charge in [-0.15, -0.1) is 11.3 Å². The Hall–Kier alpha value is -2.70. The molecule has 0 spiro atoms. The zero-order chi connectivity index (χ0) is 25.5. The second kappa shape index (κ2) is 9.75. The van der Waals surface area contributed by atoms with E-state index in [2.05, 4.69) is 25.2 Å². The van der Waals surface area contributed by atoms with Crippen molar-refractivity contribution in [1.29, 1.82) is 5.26 Å². The smallest absolute Gasteiger partial charge is 0.274 e. The summed E-state index contributed by atoms with van der Waals surface area (Å²) < 4.78 is 1.78. The van der Waals surface area contributed by atoms with Crippen LogP contribution in [0.3, 0.4) is 0 Å². The minimum Gasteiger partial charge on any atom is -0.392 e. The van der Waals surface area contributed by atoms with Crippen molar-refractivity contribution in [3.8, 4) is 6.07 Å². The van der Waals surface area contributed by atoms with Crippen LogP contribution in [0.15, 0.2) is 18.3 Å². The van der Waals surface area contributed by atoms with Crippen LogP contribution >= 0.6 is 11.3 Å². The lowest BCUT2D eigenvalue weighted by Crippen LogP contribution is -2.53. The van der Waals surface area contributed by atoms with Crippen molar-refractivity contribution in [3.05, 3.63) is 34.6 Å². The Morgan fingerprint density at radius 3 is 2.89 bits per heavy atom. The van der Waals surface area contributed by atoms with Gasteiger partial charge in [0.2, 0.25) is 5.91 Å². The van der Waals surface area contributed by atoms with E-state index in [9.17, 15) is 14.7 Å². The van der Waals surface area contributed by atoms with E-state index < -0.39 is 6.10 Å².